The van der Waals surface area contributed by atoms with Gasteiger partial charge in [0.25, 0.3) is 11.8 Å². The number of primary amides is 1. The summed E-state index contributed by atoms with van der Waals surface area (Å²) >= 11 is 0. The molecule has 7 heteroatoms. The lowest BCUT2D eigenvalue weighted by Crippen LogP contribution is -2.27. The average molecular weight is 349 g/mol. The van der Waals surface area contributed by atoms with Gasteiger partial charge in [-0.05, 0) is 36.4 Å². The summed E-state index contributed by atoms with van der Waals surface area (Å²) in [5.74, 6) is -1.36. The van der Waals surface area contributed by atoms with E-state index in [1.54, 1.807) is 24.3 Å². The minimum Gasteiger partial charge on any atom is -0.508 e. The van der Waals surface area contributed by atoms with E-state index in [1.165, 1.54) is 47.4 Å². The molecule has 0 aliphatic carbocycles. The van der Waals surface area contributed by atoms with Crippen LogP contribution >= 0.6 is 0 Å². The maximum Gasteiger partial charge on any atom is 0.281 e. The van der Waals surface area contributed by atoms with Gasteiger partial charge in [0, 0.05) is 12.1 Å². The third-order valence-electron chi connectivity index (χ3n) is 3.60. The first-order chi connectivity index (χ1) is 12.5. The van der Waals surface area contributed by atoms with Crippen molar-refractivity contribution < 1.29 is 19.8 Å². The molecule has 26 heavy (non-hydrogen) atoms. The van der Waals surface area contributed by atoms with Gasteiger partial charge < -0.3 is 15.9 Å². The van der Waals surface area contributed by atoms with Crippen LogP contribution in [0.25, 0.3) is 0 Å². The second kappa shape index (κ2) is 6.94. The number of nitrogens with zero attached hydrogens (tertiary/aromatic N) is 2. The lowest BCUT2D eigenvalue weighted by Gasteiger charge is -2.23. The molecule has 130 valence electrons. The number of pyridine rings is 1. The van der Waals surface area contributed by atoms with Gasteiger partial charge in [0.05, 0.1) is 11.4 Å². The maximum atomic E-state index is 13.1. The summed E-state index contributed by atoms with van der Waals surface area (Å²) < 4.78 is 0. The standard InChI is InChI=1S/C19H15N3O4/c20-18(25)16-8-3-9-17(21-16)19(26)22(12-4-1-6-14(23)10-12)13-5-2-7-15(24)11-13/h1-11,23-24H,(H2,20,25). The van der Waals surface area contributed by atoms with Crippen LogP contribution in [-0.4, -0.2) is 27.0 Å². The summed E-state index contributed by atoms with van der Waals surface area (Å²) in [5.41, 5.74) is 5.92. The Morgan fingerprint density at radius 1 is 0.808 bits per heavy atom. The minimum atomic E-state index is -0.749. The highest BCUT2D eigenvalue weighted by Crippen LogP contribution is 2.31. The first-order valence-electron chi connectivity index (χ1n) is 7.65. The van der Waals surface area contributed by atoms with Crippen molar-refractivity contribution in [1.29, 1.82) is 0 Å². The Hall–Kier alpha value is -3.87. The molecule has 2 aromatic carbocycles. The fourth-order valence-corrected chi connectivity index (χ4v) is 2.45. The minimum absolute atomic E-state index is 0.00649. The van der Waals surface area contributed by atoms with Crippen molar-refractivity contribution in [3.63, 3.8) is 0 Å². The first kappa shape index (κ1) is 17.0. The van der Waals surface area contributed by atoms with Crippen LogP contribution in [0.15, 0.2) is 66.7 Å². The van der Waals surface area contributed by atoms with Crippen LogP contribution in [0.4, 0.5) is 11.4 Å². The zero-order valence-corrected chi connectivity index (χ0v) is 13.5. The molecular weight excluding hydrogens is 334 g/mol. The van der Waals surface area contributed by atoms with Crippen molar-refractivity contribution in [2.45, 2.75) is 0 Å². The van der Waals surface area contributed by atoms with Crippen LogP contribution in [0.5, 0.6) is 11.5 Å². The number of phenols is 2. The lowest BCUT2D eigenvalue weighted by atomic mass is 10.2. The van der Waals surface area contributed by atoms with Crippen molar-refractivity contribution in [3.8, 4) is 11.5 Å². The van der Waals surface area contributed by atoms with Gasteiger partial charge in [-0.15, -0.1) is 0 Å². The number of nitrogens with two attached hydrogens (primary N) is 1. The Balaban J connectivity index is 2.13. The quantitative estimate of drug-likeness (QED) is 0.669. The van der Waals surface area contributed by atoms with Crippen LogP contribution in [-0.2, 0) is 0 Å². The van der Waals surface area contributed by atoms with Crippen molar-refractivity contribution >= 4 is 23.2 Å². The molecule has 0 fully saturated rings. The third-order valence-corrected chi connectivity index (χ3v) is 3.60. The predicted octanol–water partition coefficient (Wildman–Crippen LogP) is 2.57. The number of phenolic OH excluding ortho intramolecular Hbond substituents is 2. The monoisotopic (exact) mass is 349 g/mol. The van der Waals surface area contributed by atoms with Gasteiger partial charge in [-0.25, -0.2) is 4.98 Å². The summed E-state index contributed by atoms with van der Waals surface area (Å²) in [5, 5.41) is 19.5. The summed E-state index contributed by atoms with van der Waals surface area (Å²) in [6.45, 7) is 0. The van der Waals surface area contributed by atoms with E-state index in [0.717, 1.165) is 0 Å². The number of carbonyl (C=O) groups excluding carboxylic acids is 2. The number of rotatable bonds is 4. The fourth-order valence-electron chi connectivity index (χ4n) is 2.45. The Labute approximate surface area is 149 Å². The van der Waals surface area contributed by atoms with Crippen molar-refractivity contribution in [3.05, 3.63) is 78.1 Å². The van der Waals surface area contributed by atoms with Gasteiger partial charge in [0.1, 0.15) is 22.9 Å². The molecule has 0 saturated heterocycles. The summed E-state index contributed by atoms with van der Waals surface area (Å²) in [6.07, 6.45) is 0. The molecule has 0 radical (unpaired) electrons. The molecule has 0 aliphatic rings. The van der Waals surface area contributed by atoms with Crippen molar-refractivity contribution in [1.82, 2.24) is 4.98 Å². The molecular formula is C19H15N3O4. The molecule has 2 amide bonds. The van der Waals surface area contributed by atoms with E-state index in [2.05, 4.69) is 4.98 Å². The zero-order valence-electron chi connectivity index (χ0n) is 13.5. The van der Waals surface area contributed by atoms with Crippen LogP contribution in [0, 0.1) is 0 Å². The Morgan fingerprint density at radius 2 is 1.31 bits per heavy atom. The van der Waals surface area contributed by atoms with Gasteiger partial charge >= 0.3 is 0 Å². The Bertz CT molecular complexity index is 942. The molecule has 0 saturated carbocycles. The number of amides is 2. The highest BCUT2D eigenvalue weighted by atomic mass is 16.3. The average Bonchev–Trinajstić information content (AvgIpc) is 2.62. The van der Waals surface area contributed by atoms with E-state index in [9.17, 15) is 19.8 Å². The zero-order chi connectivity index (χ0) is 18.7. The highest BCUT2D eigenvalue weighted by Gasteiger charge is 2.22. The van der Waals surface area contributed by atoms with Gasteiger partial charge in [-0.1, -0.05) is 18.2 Å². The number of hydrogen-bond acceptors (Lipinski definition) is 5. The summed E-state index contributed by atoms with van der Waals surface area (Å²) in [6, 6.07) is 16.5. The molecule has 0 spiro atoms. The number of anilines is 2. The van der Waals surface area contributed by atoms with Crippen molar-refractivity contribution in [2.75, 3.05) is 4.90 Å². The molecule has 0 bridgehead atoms. The molecule has 4 N–H and O–H groups in total. The maximum absolute atomic E-state index is 13.1. The molecule has 0 atom stereocenters. The fraction of sp³-hybridized carbons (Fsp3) is 0. The molecule has 3 rings (SSSR count). The number of hydrogen-bond donors (Lipinski definition) is 3. The van der Waals surface area contributed by atoms with Gasteiger partial charge in [-0.3, -0.25) is 14.5 Å². The smallest absolute Gasteiger partial charge is 0.281 e. The van der Waals surface area contributed by atoms with E-state index in [0.29, 0.717) is 11.4 Å². The van der Waals surface area contributed by atoms with Gasteiger partial charge in [-0.2, -0.15) is 0 Å². The van der Waals surface area contributed by atoms with E-state index in [4.69, 9.17) is 5.73 Å². The van der Waals surface area contributed by atoms with E-state index in [1.807, 2.05) is 0 Å². The number of aromatic hydroxyl groups is 2. The Kier molecular flexibility index (Phi) is 4.53. The normalized spacial score (nSPS) is 10.3. The van der Waals surface area contributed by atoms with Crippen LogP contribution in [0.2, 0.25) is 0 Å². The summed E-state index contributed by atoms with van der Waals surface area (Å²) in [7, 11) is 0. The van der Waals surface area contributed by atoms with Gasteiger partial charge in [0.15, 0.2) is 0 Å². The summed E-state index contributed by atoms with van der Waals surface area (Å²) in [4.78, 5) is 29.7. The Morgan fingerprint density at radius 3 is 1.81 bits per heavy atom. The van der Waals surface area contributed by atoms with E-state index < -0.39 is 11.8 Å². The van der Waals surface area contributed by atoms with E-state index in [-0.39, 0.29) is 22.9 Å². The molecule has 1 aromatic heterocycles. The first-order valence-corrected chi connectivity index (χ1v) is 7.65. The van der Waals surface area contributed by atoms with Gasteiger partial charge in [0.2, 0.25) is 0 Å². The molecule has 7 nitrogen and oxygen atoms in total. The highest BCUT2D eigenvalue weighted by molar-refractivity contribution is 6.10. The molecule has 0 aliphatic heterocycles. The lowest BCUT2D eigenvalue weighted by molar-refractivity contribution is 0.0991. The van der Waals surface area contributed by atoms with E-state index >= 15 is 0 Å². The van der Waals surface area contributed by atoms with Crippen LogP contribution in [0.3, 0.4) is 0 Å². The SMILES string of the molecule is NC(=O)c1cccc(C(=O)N(c2cccc(O)c2)c2cccc(O)c2)n1. The molecule has 1 heterocycles. The second-order valence-corrected chi connectivity index (χ2v) is 5.45. The van der Waals surface area contributed by atoms with Crippen LogP contribution in [0.1, 0.15) is 21.0 Å². The number of aromatic nitrogens is 1. The third kappa shape index (κ3) is 3.46. The molecule has 3 aromatic rings. The topological polar surface area (TPSA) is 117 Å². The predicted molar refractivity (Wildman–Crippen MR) is 95.4 cm³/mol. The number of benzene rings is 2. The number of carbonyl (C=O) groups is 2. The van der Waals surface area contributed by atoms with Crippen LogP contribution < -0.4 is 10.6 Å². The second-order valence-electron chi connectivity index (χ2n) is 5.45. The molecule has 0 unspecified atom stereocenters. The largest absolute Gasteiger partial charge is 0.508 e. The van der Waals surface area contributed by atoms with Crippen molar-refractivity contribution in [2.24, 2.45) is 5.73 Å².